The number of hydrogen-bond donors (Lipinski definition) is 1. The summed E-state index contributed by atoms with van der Waals surface area (Å²) in [6, 6.07) is 14.8. The molecule has 1 aliphatic rings. The zero-order valence-corrected chi connectivity index (χ0v) is 22.8. The Hall–Kier alpha value is -1.07. The minimum atomic E-state index is -2.76. The third kappa shape index (κ3) is 4.29. The van der Waals surface area contributed by atoms with Gasteiger partial charge in [-0.3, -0.25) is 13.9 Å². The maximum Gasteiger partial charge on any atom is 0.190 e. The van der Waals surface area contributed by atoms with Crippen LogP contribution in [0.15, 0.2) is 42.5 Å². The van der Waals surface area contributed by atoms with Gasteiger partial charge >= 0.3 is 0 Å². The summed E-state index contributed by atoms with van der Waals surface area (Å²) in [5.74, 6) is 3.51. The summed E-state index contributed by atoms with van der Waals surface area (Å²) >= 11 is 0. The molecule has 1 atom stereocenters. The largest absolute Gasteiger partial charge is 0.456 e. The van der Waals surface area contributed by atoms with Crippen LogP contribution in [0.1, 0.15) is 58.2 Å². The number of thiol groups is 1. The first kappa shape index (κ1) is 24.6. The van der Waals surface area contributed by atoms with Gasteiger partial charge in [-0.25, -0.2) is 0 Å². The molecule has 1 aliphatic heterocycles. The molecule has 0 N–H and O–H groups in total. The molecule has 0 fully saturated rings. The number of ether oxygens (including phenoxy) is 1. The van der Waals surface area contributed by atoms with Crippen LogP contribution in [0.25, 0.3) is 0 Å². The average molecular weight is 456 g/mol. The molecule has 0 bridgehead atoms. The maximum atomic E-state index is 15.2. The quantitative estimate of drug-likeness (QED) is 0.559. The molecule has 7 heteroatoms. The predicted molar refractivity (Wildman–Crippen MR) is 150 cm³/mol. The van der Waals surface area contributed by atoms with Crippen molar-refractivity contribution in [1.82, 2.24) is 0 Å². The Morgan fingerprint density at radius 3 is 2.10 bits per heavy atom. The molecule has 0 radical (unpaired) electrons. The maximum absolute atomic E-state index is 15.2. The van der Waals surface area contributed by atoms with Crippen LogP contribution in [-0.2, 0) is 13.9 Å². The number of hydrogen-bond acceptors (Lipinski definition) is 2. The van der Waals surface area contributed by atoms with Gasteiger partial charge < -0.3 is 4.74 Å². The van der Waals surface area contributed by atoms with Crippen molar-refractivity contribution in [2.45, 2.75) is 52.5 Å². The van der Waals surface area contributed by atoms with Crippen molar-refractivity contribution in [2.24, 2.45) is 10.8 Å². The molecule has 0 saturated carbocycles. The number of para-hydroxylation sites is 2. The highest BCUT2D eigenvalue weighted by atomic mass is 32.3. The zero-order valence-electron chi connectivity index (χ0n) is 21.1. The van der Waals surface area contributed by atoms with E-state index in [1.165, 1.54) is 0 Å². The summed E-state index contributed by atoms with van der Waals surface area (Å²) < 4.78 is 21.2. The molecule has 0 amide bonds. The van der Waals surface area contributed by atoms with Crippen LogP contribution >= 0.6 is 9.73 Å². The van der Waals surface area contributed by atoms with E-state index in [1.807, 2.05) is 6.07 Å². The van der Waals surface area contributed by atoms with E-state index in [4.69, 9.17) is 4.74 Å². The summed E-state index contributed by atoms with van der Waals surface area (Å²) in [6.45, 7) is 15.7. The summed E-state index contributed by atoms with van der Waals surface area (Å²) in [7, 11) is 2.71. The SMILES string of the molecule is BS(B)(CC(C)(C)C)C1([SH](B)(=O)CC(C)(C)C)c2ccccc2Oc2c(C)cccc21. The van der Waals surface area contributed by atoms with Crippen molar-refractivity contribution in [3.63, 3.8) is 0 Å². The average Bonchev–Trinajstić information content (AvgIpc) is 2.55. The van der Waals surface area contributed by atoms with Gasteiger partial charge in [0.25, 0.3) is 0 Å². The highest BCUT2D eigenvalue weighted by Gasteiger charge is 2.57. The Morgan fingerprint density at radius 2 is 1.52 bits per heavy atom. The van der Waals surface area contributed by atoms with E-state index in [-0.39, 0.29) is 10.8 Å². The van der Waals surface area contributed by atoms with Crippen molar-refractivity contribution in [1.29, 1.82) is 0 Å². The van der Waals surface area contributed by atoms with E-state index in [0.29, 0.717) is 5.75 Å². The fourth-order valence-electron chi connectivity index (χ4n) is 5.98. The molecule has 0 aromatic heterocycles. The van der Waals surface area contributed by atoms with Gasteiger partial charge in [-0.2, -0.15) is 0 Å². The first-order chi connectivity index (χ1) is 14.0. The molecule has 168 valence electrons. The van der Waals surface area contributed by atoms with Crippen molar-refractivity contribution < 1.29 is 8.95 Å². The standard InChI is InChI=1S/C24H39B3O2S2/c1-17-11-10-13-19-21(17)29-20-14-9-8-12-18(20)24(19,30(25,26)15-22(2,3)4)31(27,28)16-23(5,6)7/h8-14,31H,15-16,25-27H2,1-7H3. The van der Waals surface area contributed by atoms with E-state index in [9.17, 15) is 0 Å². The Bertz CT molecular complexity index is 1040. The third-order valence-electron chi connectivity index (χ3n) is 6.08. The molecule has 2 nitrogen and oxygen atoms in total. The van der Waals surface area contributed by atoms with Crippen molar-refractivity contribution >= 4 is 40.9 Å². The lowest BCUT2D eigenvalue weighted by Gasteiger charge is -2.62. The van der Waals surface area contributed by atoms with Crippen LogP contribution in [0.4, 0.5) is 0 Å². The van der Waals surface area contributed by atoms with E-state index < -0.39 is 23.6 Å². The minimum absolute atomic E-state index is 0.0359. The highest BCUT2D eigenvalue weighted by molar-refractivity contribution is 8.68. The fourth-order valence-corrected chi connectivity index (χ4v) is 17.9. The van der Waals surface area contributed by atoms with Gasteiger partial charge in [0.1, 0.15) is 25.7 Å². The number of rotatable bonds is 4. The second-order valence-electron chi connectivity index (χ2n) is 12.3. The van der Waals surface area contributed by atoms with Crippen molar-refractivity contribution in [3.05, 3.63) is 59.2 Å². The Labute approximate surface area is 195 Å². The van der Waals surface area contributed by atoms with Crippen LogP contribution in [0.5, 0.6) is 11.5 Å². The molecule has 31 heavy (non-hydrogen) atoms. The normalized spacial score (nSPS) is 20.4. The van der Waals surface area contributed by atoms with E-state index >= 15 is 4.21 Å². The molecule has 0 aliphatic carbocycles. The van der Waals surface area contributed by atoms with Crippen LogP contribution in [-0.4, -0.2) is 37.1 Å². The Morgan fingerprint density at radius 1 is 0.935 bits per heavy atom. The Balaban J connectivity index is 2.51. The molecule has 0 saturated heterocycles. The van der Waals surface area contributed by atoms with Crippen LogP contribution in [0, 0.1) is 17.8 Å². The lowest BCUT2D eigenvalue weighted by molar-refractivity contribution is 0.443. The first-order valence-electron chi connectivity index (χ1n) is 11.2. The van der Waals surface area contributed by atoms with Crippen molar-refractivity contribution in [3.8, 4) is 11.5 Å². The molecular weight excluding hydrogens is 417 g/mol. The first-order valence-corrected chi connectivity index (χ1v) is 16.1. The summed E-state index contributed by atoms with van der Waals surface area (Å²) in [5, 5.41) is 0. The molecule has 0 spiro atoms. The van der Waals surface area contributed by atoms with Gasteiger partial charge in [0.2, 0.25) is 0 Å². The second kappa shape index (κ2) is 7.76. The van der Waals surface area contributed by atoms with Crippen LogP contribution < -0.4 is 4.74 Å². The summed E-state index contributed by atoms with van der Waals surface area (Å²) in [4.78, 5) is 0. The summed E-state index contributed by atoms with van der Waals surface area (Å²) in [6.07, 6.45) is 0. The van der Waals surface area contributed by atoms with Crippen LogP contribution in [0.2, 0.25) is 0 Å². The molecule has 3 rings (SSSR count). The number of aryl methyl sites for hydroxylation is 1. The van der Waals surface area contributed by atoms with Gasteiger partial charge in [0.15, 0.2) is 7.12 Å². The van der Waals surface area contributed by atoms with Crippen molar-refractivity contribution in [2.75, 3.05) is 11.5 Å². The van der Waals surface area contributed by atoms with Gasteiger partial charge in [0.05, 0.1) is 4.08 Å². The summed E-state index contributed by atoms with van der Waals surface area (Å²) in [5.41, 5.74) is 3.45. The monoisotopic (exact) mass is 456 g/mol. The topological polar surface area (TPSA) is 26.3 Å². The fraction of sp³-hybridized carbons (Fsp3) is 0.500. The molecule has 1 unspecified atom stereocenters. The molecule has 1 heterocycles. The molecular formula is C24H39B3O2S2. The second-order valence-corrected chi connectivity index (χ2v) is 19.7. The third-order valence-corrected chi connectivity index (χ3v) is 15.7. The smallest absolute Gasteiger partial charge is 0.190 e. The minimum Gasteiger partial charge on any atom is -0.456 e. The van der Waals surface area contributed by atoms with E-state index in [1.54, 1.807) is 0 Å². The van der Waals surface area contributed by atoms with Gasteiger partial charge in [-0.15, -0.1) is 9.78 Å². The van der Waals surface area contributed by atoms with Gasteiger partial charge in [-0.05, 0) is 40.9 Å². The zero-order chi connectivity index (χ0) is 23.5. The van der Waals surface area contributed by atoms with E-state index in [2.05, 4.69) is 106 Å². The number of fused-ring (bicyclic) bond motifs is 2. The lowest BCUT2D eigenvalue weighted by atomic mass is 9.96. The van der Waals surface area contributed by atoms with Gasteiger partial charge in [0, 0.05) is 11.1 Å². The lowest BCUT2D eigenvalue weighted by Crippen LogP contribution is -2.53. The molecule has 2 aromatic carbocycles. The number of benzene rings is 2. The van der Waals surface area contributed by atoms with E-state index in [0.717, 1.165) is 33.9 Å². The van der Waals surface area contributed by atoms with Gasteiger partial charge in [-0.1, -0.05) is 77.9 Å². The highest BCUT2D eigenvalue weighted by Crippen LogP contribution is 2.71. The predicted octanol–water partition coefficient (Wildman–Crippen LogP) is 3.86. The van der Waals surface area contributed by atoms with Crippen LogP contribution in [0.3, 0.4) is 0 Å². The Kier molecular flexibility index (Phi) is 6.15. The molecule has 2 aromatic rings.